The van der Waals surface area contributed by atoms with Crippen LogP contribution < -0.4 is 5.32 Å². The van der Waals surface area contributed by atoms with Crippen molar-refractivity contribution >= 4 is 5.91 Å². The number of rotatable bonds is 4. The molecule has 0 bridgehead atoms. The van der Waals surface area contributed by atoms with Gasteiger partial charge in [0.1, 0.15) is 0 Å². The van der Waals surface area contributed by atoms with Gasteiger partial charge in [-0.25, -0.2) is 0 Å². The van der Waals surface area contributed by atoms with Crippen LogP contribution in [-0.2, 0) is 4.79 Å². The molecule has 1 aliphatic carbocycles. The van der Waals surface area contributed by atoms with Gasteiger partial charge in [-0.2, -0.15) is 0 Å². The van der Waals surface area contributed by atoms with E-state index in [4.69, 9.17) is 0 Å². The highest BCUT2D eigenvalue weighted by Gasteiger charge is 2.33. The molecule has 1 amide bonds. The van der Waals surface area contributed by atoms with Crippen molar-refractivity contribution in [3.63, 3.8) is 0 Å². The zero-order valence-electron chi connectivity index (χ0n) is 10.4. The molecule has 94 valence electrons. The number of hydrogen-bond donors (Lipinski definition) is 3. The number of aliphatic hydroxyl groups excluding tert-OH is 1. The topological polar surface area (TPSA) is 69.6 Å². The van der Waals surface area contributed by atoms with Gasteiger partial charge >= 0.3 is 0 Å². The van der Waals surface area contributed by atoms with E-state index in [1.54, 1.807) is 6.92 Å². The number of amides is 1. The van der Waals surface area contributed by atoms with Crippen LogP contribution in [0.5, 0.6) is 0 Å². The van der Waals surface area contributed by atoms with Crippen molar-refractivity contribution in [3.05, 3.63) is 0 Å². The Kier molecular flexibility index (Phi) is 4.33. The average Bonchev–Trinajstić information content (AvgIpc) is 2.61. The zero-order valence-corrected chi connectivity index (χ0v) is 10.4. The van der Waals surface area contributed by atoms with E-state index >= 15 is 0 Å². The van der Waals surface area contributed by atoms with Gasteiger partial charge < -0.3 is 15.5 Å². The Labute approximate surface area is 97.0 Å². The van der Waals surface area contributed by atoms with Crippen LogP contribution in [0.4, 0.5) is 0 Å². The molecule has 0 aliphatic heterocycles. The van der Waals surface area contributed by atoms with Crippen LogP contribution in [0, 0.1) is 11.8 Å². The molecule has 0 aromatic heterocycles. The minimum absolute atomic E-state index is 0.0845. The molecule has 16 heavy (non-hydrogen) atoms. The Morgan fingerprint density at radius 3 is 2.56 bits per heavy atom. The first-order valence-corrected chi connectivity index (χ1v) is 6.02. The van der Waals surface area contributed by atoms with E-state index in [1.165, 1.54) is 0 Å². The fraction of sp³-hybridized carbons (Fsp3) is 0.917. The van der Waals surface area contributed by atoms with Crippen molar-refractivity contribution in [2.75, 3.05) is 6.54 Å². The van der Waals surface area contributed by atoms with E-state index in [0.29, 0.717) is 6.42 Å². The second-order valence-corrected chi connectivity index (χ2v) is 5.33. The zero-order chi connectivity index (χ0) is 12.3. The Balaban J connectivity index is 2.41. The average molecular weight is 229 g/mol. The lowest BCUT2D eigenvalue weighted by Crippen LogP contribution is -2.46. The molecule has 1 fully saturated rings. The SMILES string of the molecule is CC(C)C(C)(O)CNC(=O)C1CCCC1O. The van der Waals surface area contributed by atoms with Crippen molar-refractivity contribution in [3.8, 4) is 0 Å². The normalized spacial score (nSPS) is 29.1. The van der Waals surface area contributed by atoms with Crippen LogP contribution in [0.2, 0.25) is 0 Å². The first-order valence-electron chi connectivity index (χ1n) is 6.02. The summed E-state index contributed by atoms with van der Waals surface area (Å²) in [5.74, 6) is -0.338. The maximum Gasteiger partial charge on any atom is 0.225 e. The molecule has 4 nitrogen and oxygen atoms in total. The molecule has 1 saturated carbocycles. The lowest BCUT2D eigenvalue weighted by molar-refractivity contribution is -0.129. The molecule has 1 aliphatic rings. The first-order chi connectivity index (χ1) is 7.34. The van der Waals surface area contributed by atoms with E-state index in [0.717, 1.165) is 12.8 Å². The summed E-state index contributed by atoms with van der Waals surface area (Å²) in [6.45, 7) is 5.78. The summed E-state index contributed by atoms with van der Waals surface area (Å²) in [5.41, 5.74) is -0.890. The van der Waals surface area contributed by atoms with Crippen LogP contribution in [0.3, 0.4) is 0 Å². The van der Waals surface area contributed by atoms with Gasteiger partial charge in [0.05, 0.1) is 17.6 Å². The Bertz CT molecular complexity index is 251. The summed E-state index contributed by atoms with van der Waals surface area (Å²) >= 11 is 0. The van der Waals surface area contributed by atoms with E-state index in [1.807, 2.05) is 13.8 Å². The number of hydrogen-bond acceptors (Lipinski definition) is 3. The highest BCUT2D eigenvalue weighted by molar-refractivity contribution is 5.79. The highest BCUT2D eigenvalue weighted by atomic mass is 16.3. The summed E-state index contributed by atoms with van der Waals surface area (Å²) in [7, 11) is 0. The van der Waals surface area contributed by atoms with Gasteiger partial charge in [0.25, 0.3) is 0 Å². The number of aliphatic hydroxyl groups is 2. The quantitative estimate of drug-likeness (QED) is 0.663. The lowest BCUT2D eigenvalue weighted by Gasteiger charge is -2.28. The van der Waals surface area contributed by atoms with Gasteiger partial charge in [-0.05, 0) is 32.1 Å². The van der Waals surface area contributed by atoms with Crippen molar-refractivity contribution in [1.82, 2.24) is 5.32 Å². The molecular formula is C12H23NO3. The molecule has 3 unspecified atom stereocenters. The Morgan fingerprint density at radius 2 is 2.12 bits per heavy atom. The predicted octanol–water partition coefficient (Wildman–Crippen LogP) is 0.671. The van der Waals surface area contributed by atoms with Crippen molar-refractivity contribution in [1.29, 1.82) is 0 Å². The van der Waals surface area contributed by atoms with Crippen LogP contribution in [0.15, 0.2) is 0 Å². The molecular weight excluding hydrogens is 206 g/mol. The van der Waals surface area contributed by atoms with Gasteiger partial charge in [-0.15, -0.1) is 0 Å². The van der Waals surface area contributed by atoms with Gasteiger partial charge in [0.15, 0.2) is 0 Å². The smallest absolute Gasteiger partial charge is 0.225 e. The Hall–Kier alpha value is -0.610. The van der Waals surface area contributed by atoms with Crippen molar-refractivity contribution in [2.24, 2.45) is 11.8 Å². The number of carbonyl (C=O) groups excluding carboxylic acids is 1. The molecule has 4 heteroatoms. The second-order valence-electron chi connectivity index (χ2n) is 5.33. The molecule has 3 N–H and O–H groups in total. The lowest BCUT2D eigenvalue weighted by atomic mass is 9.92. The summed E-state index contributed by atoms with van der Waals surface area (Å²) in [6.07, 6.45) is 1.85. The number of carbonyl (C=O) groups is 1. The number of nitrogens with one attached hydrogen (secondary N) is 1. The minimum Gasteiger partial charge on any atom is -0.392 e. The summed E-state index contributed by atoms with van der Waals surface area (Å²) in [4.78, 5) is 11.7. The predicted molar refractivity (Wildman–Crippen MR) is 61.8 cm³/mol. The standard InChI is InChI=1S/C12H23NO3/c1-8(2)12(3,16)7-13-11(15)9-5-4-6-10(9)14/h8-10,14,16H,4-7H2,1-3H3,(H,13,15). The molecule has 3 atom stereocenters. The van der Waals surface area contributed by atoms with E-state index in [-0.39, 0.29) is 24.3 Å². The molecule has 0 heterocycles. The molecule has 0 saturated heterocycles. The largest absolute Gasteiger partial charge is 0.392 e. The van der Waals surface area contributed by atoms with Gasteiger partial charge in [-0.1, -0.05) is 13.8 Å². The maximum absolute atomic E-state index is 11.7. The Morgan fingerprint density at radius 1 is 1.50 bits per heavy atom. The molecule has 0 aromatic rings. The molecule has 1 rings (SSSR count). The first kappa shape index (κ1) is 13.5. The monoisotopic (exact) mass is 229 g/mol. The van der Waals surface area contributed by atoms with E-state index in [2.05, 4.69) is 5.32 Å². The maximum atomic E-state index is 11.7. The molecule has 0 aromatic carbocycles. The third-order valence-electron chi connectivity index (χ3n) is 3.68. The fourth-order valence-electron chi connectivity index (χ4n) is 1.85. The van der Waals surface area contributed by atoms with Crippen LogP contribution in [-0.4, -0.2) is 34.4 Å². The van der Waals surface area contributed by atoms with Crippen molar-refractivity contribution in [2.45, 2.75) is 51.7 Å². The van der Waals surface area contributed by atoms with Gasteiger partial charge in [0.2, 0.25) is 5.91 Å². The van der Waals surface area contributed by atoms with Gasteiger partial charge in [-0.3, -0.25) is 4.79 Å². The van der Waals surface area contributed by atoms with Crippen LogP contribution in [0.25, 0.3) is 0 Å². The van der Waals surface area contributed by atoms with E-state index < -0.39 is 11.7 Å². The summed E-state index contributed by atoms with van der Waals surface area (Å²) in [5, 5.41) is 22.3. The third kappa shape index (κ3) is 3.19. The van der Waals surface area contributed by atoms with Gasteiger partial charge in [0, 0.05) is 6.54 Å². The summed E-state index contributed by atoms with van der Waals surface area (Å²) in [6, 6.07) is 0. The third-order valence-corrected chi connectivity index (χ3v) is 3.68. The molecule has 0 spiro atoms. The highest BCUT2D eigenvalue weighted by Crippen LogP contribution is 2.25. The van der Waals surface area contributed by atoms with Crippen LogP contribution >= 0.6 is 0 Å². The van der Waals surface area contributed by atoms with Crippen molar-refractivity contribution < 1.29 is 15.0 Å². The molecule has 0 radical (unpaired) electrons. The minimum atomic E-state index is -0.890. The van der Waals surface area contributed by atoms with Crippen LogP contribution in [0.1, 0.15) is 40.0 Å². The summed E-state index contributed by atoms with van der Waals surface area (Å²) < 4.78 is 0. The fourth-order valence-corrected chi connectivity index (χ4v) is 1.85. The second kappa shape index (κ2) is 5.15. The van der Waals surface area contributed by atoms with E-state index in [9.17, 15) is 15.0 Å².